The topological polar surface area (TPSA) is 0 Å². The van der Waals surface area contributed by atoms with Gasteiger partial charge in [-0.15, -0.1) is 0 Å². The maximum atomic E-state index is 2.57. The number of hydrogen-bond acceptors (Lipinski definition) is 0. The van der Waals surface area contributed by atoms with Crippen LogP contribution in [0.25, 0.3) is 0 Å². The van der Waals surface area contributed by atoms with Crippen molar-refractivity contribution in [2.75, 3.05) is 0 Å². The summed E-state index contributed by atoms with van der Waals surface area (Å²) in [6.45, 7) is 5.11. The first-order chi connectivity index (χ1) is 8.74. The molecule has 0 amide bonds. The molecule has 0 aromatic carbocycles. The highest BCUT2D eigenvalue weighted by Crippen LogP contribution is 2.67. The first kappa shape index (κ1) is 10.5. The number of rotatable bonds is 0. The van der Waals surface area contributed by atoms with Crippen LogP contribution in [0.3, 0.4) is 0 Å². The van der Waals surface area contributed by atoms with E-state index in [1.807, 2.05) is 0 Å². The largest absolute Gasteiger partial charge is 0.0848 e. The minimum atomic E-state index is 0.993. The van der Waals surface area contributed by atoms with Gasteiger partial charge >= 0.3 is 0 Å². The smallest absolute Gasteiger partial charge is 0.0196 e. The molecule has 0 heteroatoms. The van der Waals surface area contributed by atoms with Gasteiger partial charge in [-0.1, -0.05) is 26.0 Å². The van der Waals surface area contributed by atoms with Crippen molar-refractivity contribution in [1.82, 2.24) is 0 Å². The van der Waals surface area contributed by atoms with Gasteiger partial charge in [-0.2, -0.15) is 0 Å². The van der Waals surface area contributed by atoms with Crippen LogP contribution in [-0.2, 0) is 0 Å². The summed E-state index contributed by atoms with van der Waals surface area (Å²) in [5.74, 6) is 10.7. The lowest BCUT2D eigenvalue weighted by Crippen LogP contribution is -2.41. The van der Waals surface area contributed by atoms with Crippen LogP contribution in [0, 0.1) is 59.2 Å². The predicted octanol–water partition coefficient (Wildman–Crippen LogP) is 4.37. The molecule has 4 fully saturated rings. The fraction of sp³-hybridized carbons (Fsp3) is 0.889. The van der Waals surface area contributed by atoms with E-state index < -0.39 is 0 Å². The van der Waals surface area contributed by atoms with Crippen molar-refractivity contribution in [3.8, 4) is 0 Å². The molecule has 4 saturated carbocycles. The van der Waals surface area contributed by atoms with Crippen LogP contribution in [0.15, 0.2) is 12.2 Å². The highest BCUT2D eigenvalue weighted by atomic mass is 14.6. The fourth-order valence-electron chi connectivity index (χ4n) is 7.34. The van der Waals surface area contributed by atoms with E-state index in [4.69, 9.17) is 0 Å². The van der Waals surface area contributed by atoms with Crippen molar-refractivity contribution in [3.05, 3.63) is 12.2 Å². The Morgan fingerprint density at radius 1 is 0.556 bits per heavy atom. The van der Waals surface area contributed by atoms with Crippen LogP contribution in [0.5, 0.6) is 0 Å². The first-order valence-corrected chi connectivity index (χ1v) is 8.42. The standard InChI is InChI=1S/C18H26/c1-9-10(2)14-6-13(9)17-7-15-11-3-4-12(5-11)16(15)8-18(14)17/h3-4,9-18H,5-8H2,1-2H3. The average molecular weight is 242 g/mol. The lowest BCUT2D eigenvalue weighted by atomic mass is 9.58. The monoisotopic (exact) mass is 242 g/mol. The molecular weight excluding hydrogens is 216 g/mol. The number of allylic oxidation sites excluding steroid dienone is 2. The van der Waals surface area contributed by atoms with Crippen LogP contribution in [-0.4, -0.2) is 0 Å². The molecule has 5 rings (SSSR count). The second-order valence-electron chi connectivity index (χ2n) is 8.36. The first-order valence-electron chi connectivity index (χ1n) is 8.42. The van der Waals surface area contributed by atoms with E-state index >= 15 is 0 Å². The molecule has 0 aromatic rings. The molecular formula is C18H26. The van der Waals surface area contributed by atoms with Gasteiger partial charge in [-0.05, 0) is 84.9 Å². The van der Waals surface area contributed by atoms with Gasteiger partial charge in [-0.25, -0.2) is 0 Å². The third-order valence-electron chi connectivity index (χ3n) is 8.26. The Hall–Kier alpha value is -0.260. The van der Waals surface area contributed by atoms with Gasteiger partial charge in [0.2, 0.25) is 0 Å². The Balaban J connectivity index is 1.48. The Labute approximate surface area is 111 Å². The third kappa shape index (κ3) is 1.06. The molecule has 5 aliphatic rings. The van der Waals surface area contributed by atoms with Gasteiger partial charge in [0.1, 0.15) is 0 Å². The van der Waals surface area contributed by atoms with Crippen molar-refractivity contribution < 1.29 is 0 Å². The van der Waals surface area contributed by atoms with E-state index in [1.165, 1.54) is 6.42 Å². The van der Waals surface area contributed by atoms with E-state index in [2.05, 4.69) is 26.0 Å². The zero-order valence-electron chi connectivity index (χ0n) is 11.8. The lowest BCUT2D eigenvalue weighted by Gasteiger charge is -2.47. The van der Waals surface area contributed by atoms with Gasteiger partial charge in [0.05, 0.1) is 0 Å². The minimum Gasteiger partial charge on any atom is -0.0848 e. The van der Waals surface area contributed by atoms with E-state index in [0.717, 1.165) is 59.2 Å². The zero-order valence-corrected chi connectivity index (χ0v) is 11.8. The minimum absolute atomic E-state index is 0.993. The van der Waals surface area contributed by atoms with Crippen molar-refractivity contribution in [3.63, 3.8) is 0 Å². The van der Waals surface area contributed by atoms with Crippen LogP contribution >= 0.6 is 0 Å². The summed E-state index contributed by atoms with van der Waals surface area (Å²) in [5.41, 5.74) is 0. The Bertz CT molecular complexity index is 372. The van der Waals surface area contributed by atoms with Gasteiger partial charge < -0.3 is 0 Å². The van der Waals surface area contributed by atoms with Gasteiger partial charge in [0, 0.05) is 0 Å². The molecule has 0 saturated heterocycles. The maximum Gasteiger partial charge on any atom is -0.0196 e. The fourth-order valence-corrected chi connectivity index (χ4v) is 7.34. The van der Waals surface area contributed by atoms with Crippen LogP contribution in [0.2, 0.25) is 0 Å². The Morgan fingerprint density at radius 2 is 1.00 bits per heavy atom. The second-order valence-corrected chi connectivity index (χ2v) is 8.36. The van der Waals surface area contributed by atoms with Crippen molar-refractivity contribution in [2.24, 2.45) is 59.2 Å². The molecule has 0 N–H and O–H groups in total. The molecule has 0 aliphatic heterocycles. The zero-order chi connectivity index (χ0) is 12.0. The van der Waals surface area contributed by atoms with Gasteiger partial charge in [-0.3, -0.25) is 0 Å². The van der Waals surface area contributed by atoms with E-state index in [9.17, 15) is 0 Å². The molecule has 10 atom stereocenters. The second kappa shape index (κ2) is 3.25. The molecule has 98 valence electrons. The summed E-state index contributed by atoms with van der Waals surface area (Å²) < 4.78 is 0. The van der Waals surface area contributed by atoms with Gasteiger partial charge in [0.25, 0.3) is 0 Å². The summed E-state index contributed by atoms with van der Waals surface area (Å²) in [4.78, 5) is 0. The Morgan fingerprint density at radius 3 is 1.50 bits per heavy atom. The van der Waals surface area contributed by atoms with Crippen LogP contribution in [0.1, 0.15) is 39.5 Å². The summed E-state index contributed by atoms with van der Waals surface area (Å²) in [6, 6.07) is 0. The number of hydrogen-bond donors (Lipinski definition) is 0. The molecule has 0 nitrogen and oxygen atoms in total. The Kier molecular flexibility index (Phi) is 1.90. The third-order valence-corrected chi connectivity index (χ3v) is 8.26. The lowest BCUT2D eigenvalue weighted by molar-refractivity contribution is 0.0207. The maximum absolute atomic E-state index is 2.57. The molecule has 0 spiro atoms. The summed E-state index contributed by atoms with van der Waals surface area (Å²) in [6.07, 6.45) is 11.5. The number of fused-ring (bicyclic) bond motifs is 10. The summed E-state index contributed by atoms with van der Waals surface area (Å²) in [5, 5.41) is 0. The molecule has 0 aromatic heterocycles. The van der Waals surface area contributed by atoms with E-state index in [1.54, 1.807) is 19.3 Å². The highest BCUT2D eigenvalue weighted by Gasteiger charge is 2.60. The SMILES string of the molecule is CC1C(C)C2CC1C1CC3C4C=CC(C4)C3CC21. The van der Waals surface area contributed by atoms with Crippen LogP contribution in [0.4, 0.5) is 0 Å². The molecule has 4 bridgehead atoms. The summed E-state index contributed by atoms with van der Waals surface area (Å²) in [7, 11) is 0. The normalized spacial score (nSPS) is 67.4. The van der Waals surface area contributed by atoms with E-state index in [-0.39, 0.29) is 0 Å². The van der Waals surface area contributed by atoms with Crippen LogP contribution < -0.4 is 0 Å². The summed E-state index contributed by atoms with van der Waals surface area (Å²) >= 11 is 0. The van der Waals surface area contributed by atoms with Crippen molar-refractivity contribution >= 4 is 0 Å². The highest BCUT2D eigenvalue weighted by molar-refractivity contribution is 5.17. The molecule has 10 unspecified atom stereocenters. The van der Waals surface area contributed by atoms with Gasteiger partial charge in [0.15, 0.2) is 0 Å². The quantitative estimate of drug-likeness (QED) is 0.553. The predicted molar refractivity (Wildman–Crippen MR) is 73.9 cm³/mol. The average Bonchev–Trinajstić information content (AvgIpc) is 3.10. The molecule has 18 heavy (non-hydrogen) atoms. The van der Waals surface area contributed by atoms with Crippen molar-refractivity contribution in [2.45, 2.75) is 39.5 Å². The molecule has 0 radical (unpaired) electrons. The van der Waals surface area contributed by atoms with E-state index in [0.29, 0.717) is 0 Å². The van der Waals surface area contributed by atoms with Crippen molar-refractivity contribution in [1.29, 1.82) is 0 Å². The molecule has 0 heterocycles. The molecule has 5 aliphatic carbocycles.